The van der Waals surface area contributed by atoms with Crippen LogP contribution in [0.3, 0.4) is 0 Å². The van der Waals surface area contributed by atoms with Crippen molar-refractivity contribution < 1.29 is 5.11 Å². The highest BCUT2D eigenvalue weighted by atomic mass is 16.3. The van der Waals surface area contributed by atoms with E-state index in [1.54, 1.807) is 0 Å². The van der Waals surface area contributed by atoms with Gasteiger partial charge in [-0.2, -0.15) is 0 Å². The summed E-state index contributed by atoms with van der Waals surface area (Å²) in [5.41, 5.74) is 2.70. The number of nitrogens with zero attached hydrogens (tertiary/aromatic N) is 2. The fraction of sp³-hybridized carbons (Fsp3) is 0.579. The molecule has 2 heterocycles. The summed E-state index contributed by atoms with van der Waals surface area (Å²) in [6.07, 6.45) is 6.87. The normalized spacial score (nSPS) is 21.0. The number of rotatable bonds is 4. The molecular formula is C19H28N2O. The van der Waals surface area contributed by atoms with Gasteiger partial charge in [0.2, 0.25) is 0 Å². The molecule has 120 valence electrons. The summed E-state index contributed by atoms with van der Waals surface area (Å²) in [6, 6.07) is 6.43. The quantitative estimate of drug-likeness (QED) is 0.866. The van der Waals surface area contributed by atoms with E-state index in [-0.39, 0.29) is 0 Å². The monoisotopic (exact) mass is 300 g/mol. The van der Waals surface area contributed by atoms with Crippen molar-refractivity contribution >= 4 is 0 Å². The van der Waals surface area contributed by atoms with Crippen LogP contribution in [-0.4, -0.2) is 47.1 Å². The lowest BCUT2D eigenvalue weighted by molar-refractivity contribution is 0.0981. The molecule has 3 rings (SSSR count). The number of fused-ring (bicyclic) bond motifs is 1. The maximum atomic E-state index is 9.75. The fourth-order valence-corrected chi connectivity index (χ4v) is 3.72. The molecule has 0 amide bonds. The van der Waals surface area contributed by atoms with E-state index in [1.807, 2.05) is 12.1 Å². The number of aromatic hydroxyl groups is 1. The second-order valence-corrected chi connectivity index (χ2v) is 7.00. The van der Waals surface area contributed by atoms with Gasteiger partial charge in [-0.15, -0.1) is 0 Å². The first kappa shape index (κ1) is 15.6. The van der Waals surface area contributed by atoms with Crippen molar-refractivity contribution in [2.24, 2.45) is 5.92 Å². The molecule has 0 aliphatic carbocycles. The molecule has 0 fully saturated rings. The van der Waals surface area contributed by atoms with Gasteiger partial charge < -0.3 is 5.11 Å². The predicted molar refractivity (Wildman–Crippen MR) is 91.0 cm³/mol. The van der Waals surface area contributed by atoms with Crippen LogP contribution in [0.1, 0.15) is 31.4 Å². The lowest BCUT2D eigenvalue weighted by Gasteiger charge is -2.40. The minimum absolute atomic E-state index is 0.392. The number of benzene rings is 1. The van der Waals surface area contributed by atoms with Crippen LogP contribution in [-0.2, 0) is 13.0 Å². The summed E-state index contributed by atoms with van der Waals surface area (Å²) in [5.74, 6) is 1.03. The van der Waals surface area contributed by atoms with Gasteiger partial charge >= 0.3 is 0 Å². The van der Waals surface area contributed by atoms with Crippen molar-refractivity contribution in [3.8, 4) is 5.75 Å². The highest BCUT2D eigenvalue weighted by Crippen LogP contribution is 2.26. The molecule has 1 N–H and O–H groups in total. The van der Waals surface area contributed by atoms with Crippen LogP contribution in [0.2, 0.25) is 0 Å². The van der Waals surface area contributed by atoms with Crippen molar-refractivity contribution in [1.82, 2.24) is 9.80 Å². The van der Waals surface area contributed by atoms with Gasteiger partial charge in [-0.05, 0) is 42.0 Å². The van der Waals surface area contributed by atoms with Gasteiger partial charge in [0.25, 0.3) is 0 Å². The van der Waals surface area contributed by atoms with Crippen LogP contribution in [0.15, 0.2) is 30.4 Å². The Labute approximate surface area is 134 Å². The zero-order chi connectivity index (χ0) is 15.5. The smallest absolute Gasteiger partial charge is 0.115 e. The first-order chi connectivity index (χ1) is 10.6. The van der Waals surface area contributed by atoms with Gasteiger partial charge in [-0.1, -0.05) is 32.1 Å². The molecule has 22 heavy (non-hydrogen) atoms. The zero-order valence-electron chi connectivity index (χ0n) is 13.8. The highest BCUT2D eigenvalue weighted by Gasteiger charge is 2.27. The molecule has 2 aliphatic heterocycles. The molecule has 3 nitrogen and oxygen atoms in total. The van der Waals surface area contributed by atoms with Gasteiger partial charge in [0.15, 0.2) is 0 Å². The predicted octanol–water partition coefficient (Wildman–Crippen LogP) is 3.04. The van der Waals surface area contributed by atoms with Crippen LogP contribution < -0.4 is 0 Å². The Morgan fingerprint density at radius 2 is 2.00 bits per heavy atom. The van der Waals surface area contributed by atoms with E-state index in [2.05, 4.69) is 41.9 Å². The molecule has 0 saturated heterocycles. The Morgan fingerprint density at radius 1 is 1.14 bits per heavy atom. The third-order valence-corrected chi connectivity index (χ3v) is 5.06. The molecule has 2 aliphatic rings. The SMILES string of the molecule is CC(C)[C@@H](CN1CC=CCC1)N1CCc2ccc(O)cc2C1. The van der Waals surface area contributed by atoms with Crippen LogP contribution in [0.4, 0.5) is 0 Å². The molecule has 1 aromatic rings. The highest BCUT2D eigenvalue weighted by molar-refractivity contribution is 5.36. The lowest BCUT2D eigenvalue weighted by Crippen LogP contribution is -2.49. The van der Waals surface area contributed by atoms with Crippen LogP contribution in [0.5, 0.6) is 5.75 Å². The Hall–Kier alpha value is -1.32. The number of hydrogen-bond donors (Lipinski definition) is 1. The van der Waals surface area contributed by atoms with E-state index in [4.69, 9.17) is 0 Å². The standard InChI is InChI=1S/C19H28N2O/c1-15(2)19(14-20-9-4-3-5-10-20)21-11-8-16-6-7-18(22)12-17(16)13-21/h3-4,6-7,12,15,19,22H,5,8-11,13-14H2,1-2H3/t19-/m1/s1. The Bertz CT molecular complexity index is 538. The number of phenolic OH excluding ortho intramolecular Hbond substituents is 1. The fourth-order valence-electron chi connectivity index (χ4n) is 3.72. The maximum absolute atomic E-state index is 9.75. The number of phenols is 1. The minimum Gasteiger partial charge on any atom is -0.508 e. The Morgan fingerprint density at radius 3 is 2.73 bits per heavy atom. The summed E-state index contributed by atoms with van der Waals surface area (Å²) >= 11 is 0. The zero-order valence-corrected chi connectivity index (χ0v) is 13.8. The average molecular weight is 300 g/mol. The summed E-state index contributed by atoms with van der Waals surface area (Å²) in [7, 11) is 0. The Kier molecular flexibility index (Phi) is 4.84. The molecule has 0 saturated carbocycles. The second kappa shape index (κ2) is 6.84. The van der Waals surface area contributed by atoms with E-state index in [0.717, 1.165) is 32.6 Å². The van der Waals surface area contributed by atoms with Crippen molar-refractivity contribution in [1.29, 1.82) is 0 Å². The molecule has 0 spiro atoms. The van der Waals surface area contributed by atoms with Crippen molar-refractivity contribution in [2.45, 2.75) is 39.3 Å². The first-order valence-corrected chi connectivity index (χ1v) is 8.55. The van der Waals surface area contributed by atoms with Crippen LogP contribution in [0.25, 0.3) is 0 Å². The molecule has 0 aromatic heterocycles. The van der Waals surface area contributed by atoms with Gasteiger partial charge in [0, 0.05) is 38.8 Å². The van der Waals surface area contributed by atoms with Gasteiger partial charge in [-0.25, -0.2) is 0 Å². The molecular weight excluding hydrogens is 272 g/mol. The van der Waals surface area contributed by atoms with Crippen LogP contribution in [0, 0.1) is 5.92 Å². The molecule has 1 atom stereocenters. The van der Waals surface area contributed by atoms with E-state index >= 15 is 0 Å². The van der Waals surface area contributed by atoms with Crippen LogP contribution >= 0.6 is 0 Å². The molecule has 0 unspecified atom stereocenters. The number of hydrogen-bond acceptors (Lipinski definition) is 3. The van der Waals surface area contributed by atoms with Gasteiger partial charge in [0.05, 0.1) is 0 Å². The maximum Gasteiger partial charge on any atom is 0.115 e. The van der Waals surface area contributed by atoms with E-state index in [1.165, 1.54) is 24.1 Å². The molecule has 1 aromatic carbocycles. The minimum atomic E-state index is 0.392. The summed E-state index contributed by atoms with van der Waals surface area (Å²) in [4.78, 5) is 5.19. The van der Waals surface area contributed by atoms with E-state index < -0.39 is 0 Å². The molecule has 0 radical (unpaired) electrons. The third-order valence-electron chi connectivity index (χ3n) is 5.06. The van der Waals surface area contributed by atoms with E-state index in [0.29, 0.717) is 17.7 Å². The average Bonchev–Trinajstić information content (AvgIpc) is 2.52. The summed E-state index contributed by atoms with van der Waals surface area (Å²) < 4.78 is 0. The third kappa shape index (κ3) is 3.53. The lowest BCUT2D eigenvalue weighted by atomic mass is 9.94. The van der Waals surface area contributed by atoms with Gasteiger partial charge in [0.1, 0.15) is 5.75 Å². The van der Waals surface area contributed by atoms with E-state index in [9.17, 15) is 5.11 Å². The van der Waals surface area contributed by atoms with Crippen molar-refractivity contribution in [3.63, 3.8) is 0 Å². The van der Waals surface area contributed by atoms with Crippen molar-refractivity contribution in [3.05, 3.63) is 41.5 Å². The first-order valence-electron chi connectivity index (χ1n) is 8.55. The molecule has 3 heteroatoms. The Balaban J connectivity index is 1.71. The summed E-state index contributed by atoms with van der Waals surface area (Å²) in [6.45, 7) is 10.2. The largest absolute Gasteiger partial charge is 0.508 e. The van der Waals surface area contributed by atoms with Crippen molar-refractivity contribution in [2.75, 3.05) is 26.2 Å². The van der Waals surface area contributed by atoms with Gasteiger partial charge in [-0.3, -0.25) is 9.80 Å². The second-order valence-electron chi connectivity index (χ2n) is 7.00. The molecule has 0 bridgehead atoms. The topological polar surface area (TPSA) is 26.7 Å². The summed E-state index contributed by atoms with van der Waals surface area (Å²) in [5, 5.41) is 9.75.